The number of hydrogen-bond acceptors (Lipinski definition) is 2. The molecule has 0 aliphatic heterocycles. The molecule has 0 spiro atoms. The van der Waals surface area contributed by atoms with Crippen LogP contribution in [-0.4, -0.2) is 4.98 Å². The van der Waals surface area contributed by atoms with Crippen LogP contribution in [0.5, 0.6) is 0 Å². The summed E-state index contributed by atoms with van der Waals surface area (Å²) >= 11 is 8.75. The van der Waals surface area contributed by atoms with Crippen LogP contribution in [0.3, 0.4) is 0 Å². The van der Waals surface area contributed by atoms with Crippen molar-refractivity contribution in [2.24, 2.45) is 0 Å². The molecule has 1 aromatic rings. The number of pyridine rings is 1. The second-order valence-electron chi connectivity index (χ2n) is 1.28. The van der Waals surface area contributed by atoms with E-state index in [1.54, 1.807) is 18.3 Å². The molecule has 0 saturated heterocycles. The Kier molecular flexibility index (Phi) is 3.77. The van der Waals surface area contributed by atoms with E-state index >= 15 is 0 Å². The Morgan fingerprint density at radius 1 is 1.56 bits per heavy atom. The van der Waals surface area contributed by atoms with Crippen molar-refractivity contribution >= 4 is 27.5 Å². The molecule has 1 rings (SSSR count). The second-order valence-corrected chi connectivity index (χ2v) is 2.43. The van der Waals surface area contributed by atoms with Gasteiger partial charge in [-0.15, -0.1) is 0 Å². The standard InChI is InChI=1S/C5H3BrClN.H3N/c6-5-4(7)2-1-3-8-5;/h1-3H;1H3. The minimum Gasteiger partial charge on any atom is -0.344 e. The summed E-state index contributed by atoms with van der Waals surface area (Å²) in [4.78, 5) is 3.86. The van der Waals surface area contributed by atoms with Gasteiger partial charge < -0.3 is 6.15 Å². The molecule has 3 N–H and O–H groups in total. The maximum atomic E-state index is 5.60. The number of rotatable bonds is 0. The van der Waals surface area contributed by atoms with Gasteiger partial charge in [0.1, 0.15) is 4.60 Å². The number of halogens is 2. The minimum atomic E-state index is 0. The molecule has 50 valence electrons. The number of hydrogen-bond donors (Lipinski definition) is 1. The summed E-state index contributed by atoms with van der Waals surface area (Å²) in [6, 6.07) is 3.56. The third-order valence-corrected chi connectivity index (χ3v) is 1.88. The predicted octanol–water partition coefficient (Wildman–Crippen LogP) is 2.66. The molecule has 9 heavy (non-hydrogen) atoms. The molecule has 0 saturated carbocycles. The van der Waals surface area contributed by atoms with Crippen LogP contribution < -0.4 is 6.15 Å². The van der Waals surface area contributed by atoms with Crippen LogP contribution in [0.1, 0.15) is 0 Å². The fourth-order valence-electron chi connectivity index (χ4n) is 0.366. The average molecular weight is 209 g/mol. The summed E-state index contributed by atoms with van der Waals surface area (Å²) in [6.45, 7) is 0. The number of nitrogens with zero attached hydrogens (tertiary/aromatic N) is 1. The lowest BCUT2D eigenvalue weighted by Gasteiger charge is -1.88. The molecular formula is C5H6BrClN2. The van der Waals surface area contributed by atoms with Gasteiger partial charge >= 0.3 is 0 Å². The molecule has 0 amide bonds. The van der Waals surface area contributed by atoms with Crippen LogP contribution in [0.4, 0.5) is 0 Å². The highest BCUT2D eigenvalue weighted by Gasteiger charge is 1.90. The molecule has 0 unspecified atom stereocenters. The van der Waals surface area contributed by atoms with E-state index in [9.17, 15) is 0 Å². The van der Waals surface area contributed by atoms with Gasteiger partial charge in [0.25, 0.3) is 0 Å². The lowest BCUT2D eigenvalue weighted by Crippen LogP contribution is -1.71. The quantitative estimate of drug-likeness (QED) is 0.668. The largest absolute Gasteiger partial charge is 0.344 e. The first kappa shape index (κ1) is 8.88. The van der Waals surface area contributed by atoms with Crippen molar-refractivity contribution < 1.29 is 0 Å². The molecule has 0 radical (unpaired) electrons. The van der Waals surface area contributed by atoms with Crippen molar-refractivity contribution in [1.29, 1.82) is 0 Å². The van der Waals surface area contributed by atoms with E-state index in [2.05, 4.69) is 20.9 Å². The summed E-state index contributed by atoms with van der Waals surface area (Å²) < 4.78 is 0.696. The van der Waals surface area contributed by atoms with Gasteiger partial charge in [-0.05, 0) is 28.1 Å². The lowest BCUT2D eigenvalue weighted by atomic mass is 10.5. The molecule has 0 aromatic carbocycles. The molecule has 1 aromatic heterocycles. The normalized spacial score (nSPS) is 8.22. The predicted molar refractivity (Wildman–Crippen MR) is 42.0 cm³/mol. The van der Waals surface area contributed by atoms with Crippen LogP contribution in [0, 0.1) is 0 Å². The van der Waals surface area contributed by atoms with Crippen molar-refractivity contribution in [1.82, 2.24) is 11.1 Å². The topological polar surface area (TPSA) is 47.9 Å². The van der Waals surface area contributed by atoms with Crippen molar-refractivity contribution in [2.45, 2.75) is 0 Å². The Bertz CT molecular complexity index is 171. The first-order chi connectivity index (χ1) is 3.80. The van der Waals surface area contributed by atoms with Gasteiger partial charge in [0.05, 0.1) is 5.02 Å². The summed E-state index contributed by atoms with van der Waals surface area (Å²) in [5, 5.41) is 0.646. The Labute approximate surface area is 67.0 Å². The van der Waals surface area contributed by atoms with Crippen molar-refractivity contribution in [3.8, 4) is 0 Å². The van der Waals surface area contributed by atoms with Crippen LogP contribution >= 0.6 is 27.5 Å². The SMILES string of the molecule is Clc1cccnc1Br.N. The fraction of sp³-hybridized carbons (Fsp3) is 0. The summed E-state index contributed by atoms with van der Waals surface area (Å²) in [5.74, 6) is 0. The molecule has 0 bridgehead atoms. The van der Waals surface area contributed by atoms with Crippen molar-refractivity contribution in [3.63, 3.8) is 0 Å². The maximum Gasteiger partial charge on any atom is 0.124 e. The van der Waals surface area contributed by atoms with Gasteiger partial charge in [0, 0.05) is 6.20 Å². The molecule has 1 heterocycles. The average Bonchev–Trinajstić information content (AvgIpc) is 1.77. The van der Waals surface area contributed by atoms with E-state index in [1.165, 1.54) is 0 Å². The first-order valence-corrected chi connectivity index (χ1v) is 3.24. The molecule has 0 fully saturated rings. The minimum absolute atomic E-state index is 0. The van der Waals surface area contributed by atoms with E-state index in [0.29, 0.717) is 9.63 Å². The van der Waals surface area contributed by atoms with E-state index in [4.69, 9.17) is 11.6 Å². The van der Waals surface area contributed by atoms with Gasteiger partial charge in [-0.1, -0.05) is 11.6 Å². The summed E-state index contributed by atoms with van der Waals surface area (Å²) in [7, 11) is 0. The third kappa shape index (κ3) is 2.30. The van der Waals surface area contributed by atoms with E-state index in [-0.39, 0.29) is 6.15 Å². The Morgan fingerprint density at radius 2 is 2.22 bits per heavy atom. The fourth-order valence-corrected chi connectivity index (χ4v) is 0.738. The molecule has 0 aliphatic carbocycles. The van der Waals surface area contributed by atoms with Gasteiger partial charge in [-0.3, -0.25) is 0 Å². The molecular weight excluding hydrogens is 203 g/mol. The van der Waals surface area contributed by atoms with Crippen LogP contribution in [-0.2, 0) is 0 Å². The van der Waals surface area contributed by atoms with Gasteiger partial charge in [-0.25, -0.2) is 4.98 Å². The van der Waals surface area contributed by atoms with Crippen LogP contribution in [0.25, 0.3) is 0 Å². The monoisotopic (exact) mass is 208 g/mol. The van der Waals surface area contributed by atoms with E-state index in [0.717, 1.165) is 0 Å². The Morgan fingerprint density at radius 3 is 2.56 bits per heavy atom. The zero-order valence-electron chi connectivity index (χ0n) is 4.64. The lowest BCUT2D eigenvalue weighted by molar-refractivity contribution is 1.28. The van der Waals surface area contributed by atoms with E-state index in [1.807, 2.05) is 0 Å². The highest BCUT2D eigenvalue weighted by atomic mass is 79.9. The van der Waals surface area contributed by atoms with E-state index < -0.39 is 0 Å². The van der Waals surface area contributed by atoms with Crippen molar-refractivity contribution in [2.75, 3.05) is 0 Å². The number of aromatic nitrogens is 1. The van der Waals surface area contributed by atoms with Gasteiger partial charge in [-0.2, -0.15) is 0 Å². The Balaban J connectivity index is 0.000000640. The van der Waals surface area contributed by atoms with Crippen LogP contribution in [0.15, 0.2) is 22.9 Å². The molecule has 4 heteroatoms. The third-order valence-electron chi connectivity index (χ3n) is 0.714. The van der Waals surface area contributed by atoms with Gasteiger partial charge in [0.2, 0.25) is 0 Å². The smallest absolute Gasteiger partial charge is 0.124 e. The highest BCUT2D eigenvalue weighted by molar-refractivity contribution is 9.10. The molecule has 0 atom stereocenters. The maximum absolute atomic E-state index is 5.60. The highest BCUT2D eigenvalue weighted by Crippen LogP contribution is 2.17. The molecule has 0 aliphatic rings. The summed E-state index contributed by atoms with van der Waals surface area (Å²) in [5.41, 5.74) is 0. The summed E-state index contributed by atoms with van der Waals surface area (Å²) in [6.07, 6.45) is 1.68. The zero-order valence-corrected chi connectivity index (χ0v) is 6.98. The first-order valence-electron chi connectivity index (χ1n) is 2.07. The Hall–Kier alpha value is -0.120. The van der Waals surface area contributed by atoms with Crippen molar-refractivity contribution in [3.05, 3.63) is 28.0 Å². The van der Waals surface area contributed by atoms with Gasteiger partial charge in [0.15, 0.2) is 0 Å². The zero-order chi connectivity index (χ0) is 5.98. The van der Waals surface area contributed by atoms with Crippen LogP contribution in [0.2, 0.25) is 5.02 Å². The second kappa shape index (κ2) is 3.82. The molecule has 2 nitrogen and oxygen atoms in total.